The molecule has 0 fully saturated rings. The summed E-state index contributed by atoms with van der Waals surface area (Å²) < 4.78 is 17.6. The van der Waals surface area contributed by atoms with E-state index in [0.29, 0.717) is 23.7 Å². The average molecular weight is 389 g/mol. The second kappa shape index (κ2) is 6.69. The highest BCUT2D eigenvalue weighted by molar-refractivity contribution is 9.10. The van der Waals surface area contributed by atoms with E-state index in [1.807, 2.05) is 38.1 Å². The van der Waals surface area contributed by atoms with Gasteiger partial charge < -0.3 is 14.2 Å². The highest BCUT2D eigenvalue weighted by Crippen LogP contribution is 2.39. The zero-order valence-corrected chi connectivity index (χ0v) is 15.3. The van der Waals surface area contributed by atoms with Crippen molar-refractivity contribution >= 4 is 27.8 Å². The molecule has 2 aromatic rings. The number of carbonyl (C=O) groups is 1. The number of ether oxygens (including phenoxy) is 3. The van der Waals surface area contributed by atoms with Crippen LogP contribution in [0.2, 0.25) is 0 Å². The lowest BCUT2D eigenvalue weighted by Crippen LogP contribution is -1.98. The van der Waals surface area contributed by atoms with E-state index in [0.717, 1.165) is 21.3 Å². The predicted molar refractivity (Wildman–Crippen MR) is 96.0 cm³/mol. The fourth-order valence-electron chi connectivity index (χ4n) is 2.64. The Balaban J connectivity index is 2.02. The minimum Gasteiger partial charge on any atom is -0.496 e. The molecule has 5 heteroatoms. The predicted octanol–water partition coefficient (Wildman–Crippen LogP) is 4.78. The van der Waals surface area contributed by atoms with Crippen LogP contribution in [-0.4, -0.2) is 19.5 Å². The largest absolute Gasteiger partial charge is 0.496 e. The number of carbonyl (C=O) groups excluding carboxylic acids is 1. The van der Waals surface area contributed by atoms with Gasteiger partial charge in [0.1, 0.15) is 17.2 Å². The number of allylic oxidation sites excluding steroid dienone is 1. The molecule has 2 aromatic carbocycles. The van der Waals surface area contributed by atoms with Gasteiger partial charge in [0.25, 0.3) is 0 Å². The van der Waals surface area contributed by atoms with Gasteiger partial charge in [-0.1, -0.05) is 15.9 Å². The Morgan fingerprint density at radius 2 is 1.96 bits per heavy atom. The normalized spacial score (nSPS) is 14.5. The van der Waals surface area contributed by atoms with Crippen LogP contribution in [0.1, 0.15) is 28.4 Å². The Hall–Kier alpha value is -2.27. The monoisotopic (exact) mass is 388 g/mol. The molecule has 0 N–H and O–H groups in total. The van der Waals surface area contributed by atoms with Gasteiger partial charge in [-0.25, -0.2) is 0 Å². The number of methoxy groups -OCH3 is 1. The van der Waals surface area contributed by atoms with Crippen molar-refractivity contribution in [2.45, 2.75) is 13.8 Å². The summed E-state index contributed by atoms with van der Waals surface area (Å²) in [7, 11) is 1.59. The van der Waals surface area contributed by atoms with Gasteiger partial charge in [0.15, 0.2) is 5.76 Å². The first-order valence-corrected chi connectivity index (χ1v) is 8.38. The SMILES string of the molecule is CCOc1ccc2c(c1C)O/C(=C\c1cc(Br)ccc1OC)C2=O. The number of hydrogen-bond acceptors (Lipinski definition) is 4. The van der Waals surface area contributed by atoms with Crippen LogP contribution < -0.4 is 14.2 Å². The zero-order chi connectivity index (χ0) is 17.3. The number of rotatable bonds is 4. The third-order valence-electron chi connectivity index (χ3n) is 3.81. The van der Waals surface area contributed by atoms with Crippen LogP contribution in [0.5, 0.6) is 17.2 Å². The standard InChI is InChI=1S/C19H17BrO4/c1-4-23-15-8-6-14-18(21)17(24-19(14)11(15)2)10-12-9-13(20)5-7-16(12)22-3/h5-10H,4H2,1-3H3/b17-10-. The van der Waals surface area contributed by atoms with Crippen molar-refractivity contribution in [3.05, 3.63) is 57.3 Å². The van der Waals surface area contributed by atoms with Gasteiger partial charge in [-0.2, -0.15) is 0 Å². The van der Waals surface area contributed by atoms with Gasteiger partial charge >= 0.3 is 0 Å². The van der Waals surface area contributed by atoms with Gasteiger partial charge in [-0.05, 0) is 50.3 Å². The maximum absolute atomic E-state index is 12.6. The summed E-state index contributed by atoms with van der Waals surface area (Å²) in [5.41, 5.74) is 2.15. The van der Waals surface area contributed by atoms with E-state index in [1.54, 1.807) is 19.3 Å². The molecule has 3 rings (SSSR count). The van der Waals surface area contributed by atoms with E-state index in [-0.39, 0.29) is 11.5 Å². The Bertz CT molecular complexity index is 840. The Kier molecular flexibility index (Phi) is 4.62. The maximum Gasteiger partial charge on any atom is 0.231 e. The summed E-state index contributed by atoms with van der Waals surface area (Å²) >= 11 is 3.43. The highest BCUT2D eigenvalue weighted by Gasteiger charge is 2.30. The fourth-order valence-corrected chi connectivity index (χ4v) is 3.02. The van der Waals surface area contributed by atoms with Crippen molar-refractivity contribution in [2.75, 3.05) is 13.7 Å². The molecule has 0 saturated heterocycles. The van der Waals surface area contributed by atoms with Crippen LogP contribution in [0.15, 0.2) is 40.6 Å². The minimum atomic E-state index is -0.141. The molecule has 0 aliphatic carbocycles. The van der Waals surface area contributed by atoms with Crippen LogP contribution in [0.4, 0.5) is 0 Å². The maximum atomic E-state index is 12.6. The summed E-state index contributed by atoms with van der Waals surface area (Å²) in [6.45, 7) is 4.37. The van der Waals surface area contributed by atoms with Crippen molar-refractivity contribution in [3.63, 3.8) is 0 Å². The summed E-state index contributed by atoms with van der Waals surface area (Å²) in [6.07, 6.45) is 1.70. The molecule has 0 atom stereocenters. The summed E-state index contributed by atoms with van der Waals surface area (Å²) in [4.78, 5) is 12.6. The minimum absolute atomic E-state index is 0.141. The molecule has 124 valence electrons. The zero-order valence-electron chi connectivity index (χ0n) is 13.7. The molecule has 0 saturated carbocycles. The van der Waals surface area contributed by atoms with Gasteiger partial charge in [0.05, 0.1) is 19.3 Å². The summed E-state index contributed by atoms with van der Waals surface area (Å²) in [5, 5.41) is 0. The van der Waals surface area contributed by atoms with Gasteiger partial charge in [-0.15, -0.1) is 0 Å². The Morgan fingerprint density at radius 3 is 2.67 bits per heavy atom. The molecule has 0 aromatic heterocycles. The van der Waals surface area contributed by atoms with Crippen molar-refractivity contribution in [1.29, 1.82) is 0 Å². The van der Waals surface area contributed by atoms with Crippen molar-refractivity contribution in [2.24, 2.45) is 0 Å². The second-order valence-electron chi connectivity index (χ2n) is 5.32. The van der Waals surface area contributed by atoms with Crippen molar-refractivity contribution in [3.8, 4) is 17.2 Å². The number of fused-ring (bicyclic) bond motifs is 1. The molecule has 4 nitrogen and oxygen atoms in total. The molecule has 0 amide bonds. The van der Waals surface area contributed by atoms with E-state index in [2.05, 4.69) is 15.9 Å². The van der Waals surface area contributed by atoms with E-state index in [9.17, 15) is 4.79 Å². The van der Waals surface area contributed by atoms with Gasteiger partial charge in [0, 0.05) is 15.6 Å². The highest BCUT2D eigenvalue weighted by atomic mass is 79.9. The number of hydrogen-bond donors (Lipinski definition) is 0. The Morgan fingerprint density at radius 1 is 1.21 bits per heavy atom. The van der Waals surface area contributed by atoms with Crippen LogP contribution in [0.3, 0.4) is 0 Å². The first-order chi connectivity index (χ1) is 11.5. The van der Waals surface area contributed by atoms with E-state index >= 15 is 0 Å². The number of halogens is 1. The number of Topliss-reactive ketones (excluding diaryl/α,β-unsaturated/α-hetero) is 1. The van der Waals surface area contributed by atoms with Gasteiger partial charge in [0.2, 0.25) is 5.78 Å². The van der Waals surface area contributed by atoms with E-state index < -0.39 is 0 Å². The smallest absolute Gasteiger partial charge is 0.231 e. The second-order valence-corrected chi connectivity index (χ2v) is 6.24. The van der Waals surface area contributed by atoms with E-state index in [1.165, 1.54) is 0 Å². The summed E-state index contributed by atoms with van der Waals surface area (Å²) in [6, 6.07) is 9.15. The number of ketones is 1. The molecule has 0 unspecified atom stereocenters. The van der Waals surface area contributed by atoms with Crippen LogP contribution in [0.25, 0.3) is 6.08 Å². The topological polar surface area (TPSA) is 44.8 Å². The first-order valence-electron chi connectivity index (χ1n) is 7.59. The van der Waals surface area contributed by atoms with Crippen LogP contribution >= 0.6 is 15.9 Å². The number of benzene rings is 2. The van der Waals surface area contributed by atoms with Crippen molar-refractivity contribution < 1.29 is 19.0 Å². The third kappa shape index (κ3) is 2.91. The average Bonchev–Trinajstić information content (AvgIpc) is 2.88. The molecule has 1 aliphatic heterocycles. The first kappa shape index (κ1) is 16.6. The molecule has 0 radical (unpaired) electrons. The molecular weight excluding hydrogens is 372 g/mol. The molecule has 0 bridgehead atoms. The van der Waals surface area contributed by atoms with E-state index in [4.69, 9.17) is 14.2 Å². The lowest BCUT2D eigenvalue weighted by Gasteiger charge is -2.09. The lowest BCUT2D eigenvalue weighted by molar-refractivity contribution is 0.101. The third-order valence-corrected chi connectivity index (χ3v) is 4.31. The fraction of sp³-hybridized carbons (Fsp3) is 0.211. The summed E-state index contributed by atoms with van der Waals surface area (Å²) in [5.74, 6) is 2.10. The lowest BCUT2D eigenvalue weighted by atomic mass is 10.1. The molecule has 1 heterocycles. The van der Waals surface area contributed by atoms with Crippen LogP contribution in [0, 0.1) is 6.92 Å². The quantitative estimate of drug-likeness (QED) is 0.706. The van der Waals surface area contributed by atoms with Crippen LogP contribution in [-0.2, 0) is 0 Å². The Labute approximate surface area is 149 Å². The van der Waals surface area contributed by atoms with Crippen molar-refractivity contribution in [1.82, 2.24) is 0 Å². The molecule has 0 spiro atoms. The molecule has 24 heavy (non-hydrogen) atoms. The van der Waals surface area contributed by atoms with Gasteiger partial charge in [-0.3, -0.25) is 4.79 Å². The molecule has 1 aliphatic rings. The molecular formula is C19H17BrO4.